The molecular weight excluding hydrogens is 402 g/mol. The summed E-state index contributed by atoms with van der Waals surface area (Å²) in [6.45, 7) is 1.93. The Hall–Kier alpha value is -3.03. The second-order valence-electron chi connectivity index (χ2n) is 6.60. The number of amides is 2. The first-order valence-corrected chi connectivity index (χ1v) is 10.9. The van der Waals surface area contributed by atoms with Crippen molar-refractivity contribution in [1.29, 1.82) is 0 Å². The van der Waals surface area contributed by atoms with E-state index in [1.54, 1.807) is 17.4 Å². The lowest BCUT2D eigenvalue weighted by Gasteiger charge is -2.22. The lowest BCUT2D eigenvalue weighted by Crippen LogP contribution is -2.41. The first-order valence-electron chi connectivity index (χ1n) is 9.14. The molecule has 5 nitrogen and oxygen atoms in total. The summed E-state index contributed by atoms with van der Waals surface area (Å²) in [5.41, 5.74) is 4.48. The van der Waals surface area contributed by atoms with Gasteiger partial charge in [-0.25, -0.2) is 4.98 Å². The fourth-order valence-electron chi connectivity index (χ4n) is 3.08. The summed E-state index contributed by atoms with van der Waals surface area (Å²) in [5.74, 6) is -0.513. The highest BCUT2D eigenvalue weighted by Crippen LogP contribution is 2.24. The quantitative estimate of drug-likeness (QED) is 0.474. The molecule has 0 saturated heterocycles. The third-order valence-electron chi connectivity index (χ3n) is 4.63. The van der Waals surface area contributed by atoms with Crippen molar-refractivity contribution in [2.45, 2.75) is 19.0 Å². The Morgan fingerprint density at radius 2 is 1.76 bits per heavy atom. The zero-order valence-corrected chi connectivity index (χ0v) is 17.3. The van der Waals surface area contributed by atoms with Gasteiger partial charge in [0.2, 0.25) is 5.91 Å². The number of hydrogen-bond donors (Lipinski definition) is 2. The molecule has 7 heteroatoms. The maximum absolute atomic E-state index is 13.1. The van der Waals surface area contributed by atoms with Crippen LogP contribution in [0.2, 0.25) is 0 Å². The molecule has 0 saturated carbocycles. The second kappa shape index (κ2) is 8.55. The molecule has 0 aliphatic rings. The van der Waals surface area contributed by atoms with Crippen LogP contribution in [-0.4, -0.2) is 16.8 Å². The smallest absolute Gasteiger partial charge is 0.262 e. The molecule has 2 aromatic heterocycles. The third kappa shape index (κ3) is 4.36. The molecule has 2 heterocycles. The SMILES string of the molecule is CC(NC(=O)C(NC(=O)c1cccs1)c1ccccc1)c1ccc2ncsc2c1. The highest BCUT2D eigenvalue weighted by Gasteiger charge is 2.25. The van der Waals surface area contributed by atoms with E-state index >= 15 is 0 Å². The van der Waals surface area contributed by atoms with Crippen LogP contribution in [0.1, 0.15) is 39.8 Å². The Labute approximate surface area is 176 Å². The van der Waals surface area contributed by atoms with Gasteiger partial charge in [-0.3, -0.25) is 9.59 Å². The number of rotatable bonds is 6. The number of benzene rings is 2. The van der Waals surface area contributed by atoms with Crippen LogP contribution in [0.4, 0.5) is 0 Å². The van der Waals surface area contributed by atoms with Gasteiger partial charge in [0.05, 0.1) is 26.6 Å². The Balaban J connectivity index is 1.54. The predicted octanol–water partition coefficient (Wildman–Crippen LogP) is 4.71. The van der Waals surface area contributed by atoms with Crippen molar-refractivity contribution >= 4 is 44.7 Å². The van der Waals surface area contributed by atoms with E-state index in [9.17, 15) is 9.59 Å². The van der Waals surface area contributed by atoms with Gasteiger partial charge in [0, 0.05) is 0 Å². The molecule has 0 bridgehead atoms. The number of aromatic nitrogens is 1. The lowest BCUT2D eigenvalue weighted by atomic mass is 10.0. The minimum absolute atomic E-state index is 0.209. The summed E-state index contributed by atoms with van der Waals surface area (Å²) in [5, 5.41) is 7.74. The summed E-state index contributed by atoms with van der Waals surface area (Å²) >= 11 is 2.91. The average molecular weight is 422 g/mol. The maximum atomic E-state index is 13.1. The number of carbonyl (C=O) groups is 2. The first kappa shape index (κ1) is 19.3. The Morgan fingerprint density at radius 1 is 0.931 bits per heavy atom. The van der Waals surface area contributed by atoms with Gasteiger partial charge < -0.3 is 10.6 Å². The summed E-state index contributed by atoms with van der Waals surface area (Å²) in [7, 11) is 0. The van der Waals surface area contributed by atoms with Crippen LogP contribution < -0.4 is 10.6 Å². The molecule has 0 aliphatic carbocycles. The van der Waals surface area contributed by atoms with Gasteiger partial charge in [0.15, 0.2) is 0 Å². The molecule has 2 aromatic carbocycles. The van der Waals surface area contributed by atoms with E-state index in [1.165, 1.54) is 11.3 Å². The number of fused-ring (bicyclic) bond motifs is 1. The van der Waals surface area contributed by atoms with Crippen LogP contribution in [-0.2, 0) is 4.79 Å². The molecule has 146 valence electrons. The van der Waals surface area contributed by atoms with Crippen LogP contribution in [0.5, 0.6) is 0 Å². The molecule has 2 N–H and O–H groups in total. The van der Waals surface area contributed by atoms with Crippen molar-refractivity contribution in [3.8, 4) is 0 Å². The number of hydrogen-bond acceptors (Lipinski definition) is 5. The minimum Gasteiger partial charge on any atom is -0.347 e. The monoisotopic (exact) mass is 421 g/mol. The van der Waals surface area contributed by atoms with Crippen molar-refractivity contribution in [1.82, 2.24) is 15.6 Å². The number of thiophene rings is 1. The molecule has 0 aliphatic heterocycles. The highest BCUT2D eigenvalue weighted by atomic mass is 32.1. The Bertz CT molecular complexity index is 1120. The van der Waals surface area contributed by atoms with Crippen LogP contribution in [0.15, 0.2) is 71.6 Å². The number of nitrogens with one attached hydrogen (secondary N) is 2. The van der Waals surface area contributed by atoms with E-state index in [1.807, 2.05) is 72.4 Å². The number of thiazole rings is 1. The van der Waals surface area contributed by atoms with Crippen LogP contribution in [0.25, 0.3) is 10.2 Å². The van der Waals surface area contributed by atoms with Crippen molar-refractivity contribution in [2.24, 2.45) is 0 Å². The summed E-state index contributed by atoms with van der Waals surface area (Å²) < 4.78 is 1.08. The van der Waals surface area contributed by atoms with Crippen LogP contribution in [0.3, 0.4) is 0 Å². The molecule has 2 unspecified atom stereocenters. The van der Waals surface area contributed by atoms with Crippen LogP contribution >= 0.6 is 22.7 Å². The molecule has 0 fully saturated rings. The molecule has 4 rings (SSSR count). The van der Waals surface area contributed by atoms with E-state index in [0.29, 0.717) is 4.88 Å². The lowest BCUT2D eigenvalue weighted by molar-refractivity contribution is -0.123. The zero-order valence-electron chi connectivity index (χ0n) is 15.7. The molecular formula is C22H19N3O2S2. The normalized spacial score (nSPS) is 13.0. The van der Waals surface area contributed by atoms with E-state index in [2.05, 4.69) is 15.6 Å². The van der Waals surface area contributed by atoms with Gasteiger partial charge >= 0.3 is 0 Å². The number of nitrogens with zero attached hydrogens (tertiary/aromatic N) is 1. The minimum atomic E-state index is -0.777. The van der Waals surface area contributed by atoms with Gasteiger partial charge in [-0.2, -0.15) is 0 Å². The molecule has 2 amide bonds. The van der Waals surface area contributed by atoms with E-state index < -0.39 is 6.04 Å². The summed E-state index contributed by atoms with van der Waals surface area (Å²) in [6.07, 6.45) is 0. The fraction of sp³-hybridized carbons (Fsp3) is 0.136. The number of carbonyl (C=O) groups excluding carboxylic acids is 2. The van der Waals surface area contributed by atoms with E-state index in [-0.39, 0.29) is 17.9 Å². The summed E-state index contributed by atoms with van der Waals surface area (Å²) in [6, 6.07) is 17.8. The van der Waals surface area contributed by atoms with Gasteiger partial charge in [-0.1, -0.05) is 42.5 Å². The first-order chi connectivity index (χ1) is 14.1. The van der Waals surface area contributed by atoms with Gasteiger partial charge in [0.25, 0.3) is 5.91 Å². The molecule has 2 atom stereocenters. The zero-order chi connectivity index (χ0) is 20.2. The molecule has 29 heavy (non-hydrogen) atoms. The standard InChI is InChI=1S/C22H19N3O2S2/c1-14(16-9-10-17-19(12-16)29-13-23-17)24-22(27)20(15-6-3-2-4-7-15)25-21(26)18-8-5-11-28-18/h2-14,20H,1H3,(H,24,27)(H,25,26). The molecule has 4 aromatic rings. The van der Waals surface area contributed by atoms with Crippen molar-refractivity contribution < 1.29 is 9.59 Å². The van der Waals surface area contributed by atoms with Crippen molar-refractivity contribution in [3.63, 3.8) is 0 Å². The van der Waals surface area contributed by atoms with Gasteiger partial charge in [-0.15, -0.1) is 22.7 Å². The molecule has 0 spiro atoms. The van der Waals surface area contributed by atoms with Crippen molar-refractivity contribution in [3.05, 3.63) is 87.6 Å². The Kier molecular flexibility index (Phi) is 5.69. The maximum Gasteiger partial charge on any atom is 0.262 e. The summed E-state index contributed by atoms with van der Waals surface area (Å²) in [4.78, 5) is 30.6. The largest absolute Gasteiger partial charge is 0.347 e. The average Bonchev–Trinajstić information content (AvgIpc) is 3.43. The van der Waals surface area contributed by atoms with Gasteiger partial charge in [0.1, 0.15) is 6.04 Å². The fourth-order valence-corrected chi connectivity index (χ4v) is 4.43. The predicted molar refractivity (Wildman–Crippen MR) is 117 cm³/mol. The van der Waals surface area contributed by atoms with Crippen LogP contribution in [0, 0.1) is 0 Å². The van der Waals surface area contributed by atoms with E-state index in [0.717, 1.165) is 21.3 Å². The van der Waals surface area contributed by atoms with Gasteiger partial charge in [-0.05, 0) is 41.6 Å². The highest BCUT2D eigenvalue weighted by molar-refractivity contribution is 7.16. The van der Waals surface area contributed by atoms with Crippen molar-refractivity contribution in [2.75, 3.05) is 0 Å². The van der Waals surface area contributed by atoms with E-state index in [4.69, 9.17) is 0 Å². The second-order valence-corrected chi connectivity index (χ2v) is 8.44. The molecule has 0 radical (unpaired) electrons. The topological polar surface area (TPSA) is 71.1 Å². The Morgan fingerprint density at radius 3 is 2.52 bits per heavy atom. The third-order valence-corrected chi connectivity index (χ3v) is 6.29.